The molecular formula is C22H39BO2. The Bertz CT molecular complexity index is 435. The van der Waals surface area contributed by atoms with Gasteiger partial charge in [0, 0.05) is 20.1 Å². The summed E-state index contributed by atoms with van der Waals surface area (Å²) in [5, 5.41) is 0. The highest BCUT2D eigenvalue weighted by molar-refractivity contribution is 6.62. The molecular weight excluding hydrogens is 307 g/mol. The van der Waals surface area contributed by atoms with E-state index in [9.17, 15) is 0 Å². The molecule has 0 unspecified atom stereocenters. The van der Waals surface area contributed by atoms with E-state index < -0.39 is 0 Å². The van der Waals surface area contributed by atoms with Gasteiger partial charge in [-0.15, -0.1) is 0 Å². The Kier molecular flexibility index (Phi) is 6.71. The summed E-state index contributed by atoms with van der Waals surface area (Å²) in [5.41, 5.74) is 1.60. The fourth-order valence-corrected chi connectivity index (χ4v) is 6.59. The highest BCUT2D eigenvalue weighted by Gasteiger charge is 2.46. The number of hydrogen-bond acceptors (Lipinski definition) is 2. The van der Waals surface area contributed by atoms with Gasteiger partial charge < -0.3 is 9.47 Å². The zero-order valence-corrected chi connectivity index (χ0v) is 17.2. The summed E-state index contributed by atoms with van der Waals surface area (Å²) in [4.78, 5) is 0. The Morgan fingerprint density at radius 1 is 1.04 bits per heavy atom. The molecule has 2 bridgehead atoms. The Labute approximate surface area is 156 Å². The topological polar surface area (TPSA) is 18.5 Å². The Balaban J connectivity index is 1.84. The van der Waals surface area contributed by atoms with Crippen LogP contribution in [0, 0.1) is 23.7 Å². The van der Waals surface area contributed by atoms with E-state index in [2.05, 4.69) is 26.8 Å². The molecule has 0 N–H and O–H groups in total. The zero-order chi connectivity index (χ0) is 18.0. The minimum Gasteiger partial charge on any atom is -0.356 e. The SMILES string of the molecule is COC(OC)[C@@H]1[C@@H](C(C)C)CC=C(C)[C@@H]1CB1C2CCCC1CCC2. The molecule has 0 radical (unpaired) electrons. The van der Waals surface area contributed by atoms with Gasteiger partial charge in [-0.2, -0.15) is 0 Å². The largest absolute Gasteiger partial charge is 0.356 e. The second-order valence-electron chi connectivity index (χ2n) is 9.40. The van der Waals surface area contributed by atoms with Gasteiger partial charge in [-0.25, -0.2) is 0 Å². The van der Waals surface area contributed by atoms with Crippen molar-refractivity contribution in [3.05, 3.63) is 11.6 Å². The van der Waals surface area contributed by atoms with Crippen molar-refractivity contribution in [2.24, 2.45) is 23.7 Å². The summed E-state index contributed by atoms with van der Waals surface area (Å²) in [7, 11) is 3.65. The maximum absolute atomic E-state index is 5.83. The van der Waals surface area contributed by atoms with Gasteiger partial charge in [0.1, 0.15) is 6.71 Å². The molecule has 25 heavy (non-hydrogen) atoms. The Morgan fingerprint density at radius 3 is 2.08 bits per heavy atom. The first-order chi connectivity index (χ1) is 12.1. The normalized spacial score (nSPS) is 36.0. The molecule has 2 nitrogen and oxygen atoms in total. The first-order valence-electron chi connectivity index (χ1n) is 10.8. The summed E-state index contributed by atoms with van der Waals surface area (Å²) in [5.74, 6) is 4.46. The molecule has 0 aromatic carbocycles. The summed E-state index contributed by atoms with van der Waals surface area (Å²) >= 11 is 0. The number of rotatable bonds is 6. The van der Waals surface area contributed by atoms with Gasteiger partial charge in [-0.3, -0.25) is 0 Å². The second-order valence-corrected chi connectivity index (χ2v) is 9.40. The van der Waals surface area contributed by atoms with E-state index in [1.54, 1.807) is 5.57 Å². The van der Waals surface area contributed by atoms with E-state index in [0.717, 1.165) is 18.3 Å². The van der Waals surface area contributed by atoms with Gasteiger partial charge >= 0.3 is 0 Å². The van der Waals surface area contributed by atoms with Crippen LogP contribution in [0.5, 0.6) is 0 Å². The van der Waals surface area contributed by atoms with Gasteiger partial charge in [-0.05, 0) is 31.1 Å². The lowest BCUT2D eigenvalue weighted by Gasteiger charge is -2.47. The highest BCUT2D eigenvalue weighted by atomic mass is 16.7. The fraction of sp³-hybridized carbons (Fsp3) is 0.909. The molecule has 3 heteroatoms. The molecule has 2 saturated heterocycles. The Morgan fingerprint density at radius 2 is 1.60 bits per heavy atom. The highest BCUT2D eigenvalue weighted by Crippen LogP contribution is 2.52. The first-order valence-corrected chi connectivity index (χ1v) is 10.8. The van der Waals surface area contributed by atoms with Crippen LogP contribution >= 0.6 is 0 Å². The van der Waals surface area contributed by atoms with Crippen molar-refractivity contribution in [1.29, 1.82) is 0 Å². The van der Waals surface area contributed by atoms with E-state index in [1.807, 2.05) is 14.2 Å². The van der Waals surface area contributed by atoms with Crippen molar-refractivity contribution in [3.8, 4) is 0 Å². The van der Waals surface area contributed by atoms with Crippen LogP contribution in [0.15, 0.2) is 11.6 Å². The van der Waals surface area contributed by atoms with Crippen molar-refractivity contribution < 1.29 is 9.47 Å². The van der Waals surface area contributed by atoms with Gasteiger partial charge in [0.2, 0.25) is 0 Å². The van der Waals surface area contributed by atoms with E-state index >= 15 is 0 Å². The third-order valence-corrected chi connectivity index (χ3v) is 7.93. The number of methoxy groups -OCH3 is 2. The molecule has 3 atom stereocenters. The van der Waals surface area contributed by atoms with E-state index in [1.165, 1.54) is 51.3 Å². The average molecular weight is 346 g/mol. The fourth-order valence-electron chi connectivity index (χ4n) is 6.59. The van der Waals surface area contributed by atoms with Crippen molar-refractivity contribution in [1.82, 2.24) is 0 Å². The van der Waals surface area contributed by atoms with E-state index in [-0.39, 0.29) is 6.29 Å². The predicted molar refractivity (Wildman–Crippen MR) is 107 cm³/mol. The molecule has 0 spiro atoms. The summed E-state index contributed by atoms with van der Waals surface area (Å²) in [6.45, 7) is 8.07. The molecule has 3 rings (SSSR count). The predicted octanol–water partition coefficient (Wildman–Crippen LogP) is 6.06. The molecule has 3 aliphatic rings. The van der Waals surface area contributed by atoms with Crippen LogP contribution in [0.4, 0.5) is 0 Å². The van der Waals surface area contributed by atoms with Crippen molar-refractivity contribution >= 4 is 6.71 Å². The molecule has 0 aromatic heterocycles. The third kappa shape index (κ3) is 4.03. The average Bonchev–Trinajstić information content (AvgIpc) is 2.58. The standard InChI is InChI=1S/C22H39BO2/c1-15(2)19-13-12-16(3)20(21(19)22(24-4)25-5)14-23-17-8-6-9-18(23)11-7-10-17/h12,15,17-22H,6-11,13-14H2,1-5H3/t17?,18?,19-,20+,21-/m1/s1. The summed E-state index contributed by atoms with van der Waals surface area (Å²) in [6, 6.07) is 0. The summed E-state index contributed by atoms with van der Waals surface area (Å²) < 4.78 is 11.7. The third-order valence-electron chi connectivity index (χ3n) is 7.93. The van der Waals surface area contributed by atoms with Crippen LogP contribution in [0.25, 0.3) is 0 Å². The minimum atomic E-state index is -0.0653. The first kappa shape index (κ1) is 19.5. The second kappa shape index (κ2) is 8.61. The molecule has 2 heterocycles. The zero-order valence-electron chi connectivity index (χ0n) is 17.2. The van der Waals surface area contributed by atoms with E-state index in [0.29, 0.717) is 23.7 Å². The van der Waals surface area contributed by atoms with Crippen LogP contribution in [-0.2, 0) is 9.47 Å². The van der Waals surface area contributed by atoms with E-state index in [4.69, 9.17) is 9.47 Å². The number of hydrogen-bond donors (Lipinski definition) is 0. The minimum absolute atomic E-state index is 0.0653. The van der Waals surface area contributed by atoms with Crippen LogP contribution in [0.3, 0.4) is 0 Å². The monoisotopic (exact) mass is 346 g/mol. The Hall–Kier alpha value is -0.275. The maximum Gasteiger partial charge on any atom is 0.160 e. The molecule has 2 fully saturated rings. The van der Waals surface area contributed by atoms with Gasteiger partial charge in [0.15, 0.2) is 6.29 Å². The molecule has 0 aromatic rings. The number of fused-ring (bicyclic) bond motifs is 2. The molecule has 0 saturated carbocycles. The lowest BCUT2D eigenvalue weighted by atomic mass is 9.24. The molecule has 0 amide bonds. The van der Waals surface area contributed by atoms with Crippen molar-refractivity contribution in [2.75, 3.05) is 14.2 Å². The smallest absolute Gasteiger partial charge is 0.160 e. The van der Waals surface area contributed by atoms with Crippen molar-refractivity contribution in [2.45, 2.75) is 90.0 Å². The summed E-state index contributed by atoms with van der Waals surface area (Å²) in [6.07, 6.45) is 13.9. The lowest BCUT2D eigenvalue weighted by Crippen LogP contribution is -2.44. The van der Waals surface area contributed by atoms with Crippen LogP contribution in [0.1, 0.15) is 65.7 Å². The molecule has 142 valence electrons. The quantitative estimate of drug-likeness (QED) is 0.330. The lowest BCUT2D eigenvalue weighted by molar-refractivity contribution is -0.164. The van der Waals surface area contributed by atoms with Crippen LogP contribution in [-0.4, -0.2) is 27.2 Å². The number of ether oxygens (including phenoxy) is 2. The maximum atomic E-state index is 5.83. The number of allylic oxidation sites excluding steroid dienone is 2. The van der Waals surface area contributed by atoms with Gasteiger partial charge in [-0.1, -0.05) is 82.0 Å². The molecule has 1 aliphatic carbocycles. The van der Waals surface area contributed by atoms with Crippen LogP contribution in [0.2, 0.25) is 18.0 Å². The molecule has 2 aliphatic heterocycles. The van der Waals surface area contributed by atoms with Gasteiger partial charge in [0.25, 0.3) is 0 Å². The van der Waals surface area contributed by atoms with Gasteiger partial charge in [0.05, 0.1) is 0 Å². The van der Waals surface area contributed by atoms with Crippen LogP contribution < -0.4 is 0 Å². The van der Waals surface area contributed by atoms with Crippen molar-refractivity contribution in [3.63, 3.8) is 0 Å².